The Labute approximate surface area is 162 Å². The molecular weight excluding hydrogens is 358 g/mol. The first-order valence-electron chi connectivity index (χ1n) is 9.13. The zero-order chi connectivity index (χ0) is 19.9. The smallest absolute Gasteiger partial charge is 0.379 e. The van der Waals surface area contributed by atoms with E-state index in [0.717, 1.165) is 10.9 Å². The van der Waals surface area contributed by atoms with Gasteiger partial charge in [0.1, 0.15) is 5.75 Å². The Morgan fingerprint density at radius 3 is 2.64 bits per heavy atom. The van der Waals surface area contributed by atoms with Crippen molar-refractivity contribution in [1.82, 2.24) is 4.57 Å². The molecule has 0 saturated carbocycles. The van der Waals surface area contributed by atoms with E-state index in [1.54, 1.807) is 35.8 Å². The van der Waals surface area contributed by atoms with Gasteiger partial charge in [-0.15, -0.1) is 0 Å². The minimum absolute atomic E-state index is 0.0549. The molecule has 0 saturated heterocycles. The summed E-state index contributed by atoms with van der Waals surface area (Å²) in [6.45, 7) is 2.68. The number of fused-ring (bicyclic) bond motifs is 1. The maximum absolute atomic E-state index is 12.2. The van der Waals surface area contributed by atoms with Crippen LogP contribution in [0.1, 0.15) is 23.7 Å². The number of ether oxygens (including phenoxy) is 2. The molecule has 0 bridgehead atoms. The number of pyridine rings is 1. The van der Waals surface area contributed by atoms with Crippen LogP contribution < -0.4 is 10.3 Å². The summed E-state index contributed by atoms with van der Waals surface area (Å²) < 4.78 is 12.1. The van der Waals surface area contributed by atoms with Crippen LogP contribution in [0.3, 0.4) is 0 Å². The van der Waals surface area contributed by atoms with Crippen molar-refractivity contribution in [2.45, 2.75) is 19.9 Å². The van der Waals surface area contributed by atoms with Gasteiger partial charge in [-0.1, -0.05) is 30.3 Å². The van der Waals surface area contributed by atoms with Gasteiger partial charge >= 0.3 is 5.97 Å². The number of rotatable bonds is 8. The molecule has 3 rings (SSSR count). The minimum atomic E-state index is -0.880. The quantitative estimate of drug-likeness (QED) is 0.260. The number of carbonyl (C=O) groups excluding carboxylic acids is 2. The largest absolute Gasteiger partial charge is 0.494 e. The lowest BCUT2D eigenvalue weighted by Gasteiger charge is -2.11. The van der Waals surface area contributed by atoms with E-state index in [-0.39, 0.29) is 17.7 Å². The lowest BCUT2D eigenvalue weighted by atomic mass is 10.1. The Balaban J connectivity index is 1.61. The van der Waals surface area contributed by atoms with Crippen LogP contribution in [0.25, 0.3) is 10.9 Å². The summed E-state index contributed by atoms with van der Waals surface area (Å²) >= 11 is 0. The number of hydrogen-bond acceptors (Lipinski definition) is 5. The molecule has 28 heavy (non-hydrogen) atoms. The van der Waals surface area contributed by atoms with Crippen LogP contribution in [-0.4, -0.2) is 29.5 Å². The van der Waals surface area contributed by atoms with Crippen LogP contribution >= 0.6 is 0 Å². The molecule has 0 radical (unpaired) electrons. The fraction of sp³-hybridized carbons (Fsp3) is 0.227. The van der Waals surface area contributed by atoms with Gasteiger partial charge in [0.15, 0.2) is 0 Å². The zero-order valence-electron chi connectivity index (χ0n) is 15.6. The van der Waals surface area contributed by atoms with E-state index in [1.807, 2.05) is 30.3 Å². The molecule has 144 valence electrons. The third kappa shape index (κ3) is 4.46. The van der Waals surface area contributed by atoms with Crippen molar-refractivity contribution < 1.29 is 19.1 Å². The van der Waals surface area contributed by atoms with E-state index in [2.05, 4.69) is 0 Å². The monoisotopic (exact) mass is 379 g/mol. The van der Waals surface area contributed by atoms with Gasteiger partial charge in [0, 0.05) is 18.2 Å². The van der Waals surface area contributed by atoms with Crippen LogP contribution in [-0.2, 0) is 16.1 Å². The highest BCUT2D eigenvalue weighted by Gasteiger charge is 2.17. The van der Waals surface area contributed by atoms with Crippen LogP contribution in [0.15, 0.2) is 65.5 Å². The van der Waals surface area contributed by atoms with E-state index >= 15 is 0 Å². The van der Waals surface area contributed by atoms with Crippen LogP contribution in [0.5, 0.6) is 5.75 Å². The highest BCUT2D eigenvalue weighted by molar-refractivity contribution is 6.40. The van der Waals surface area contributed by atoms with E-state index < -0.39 is 11.8 Å². The average Bonchev–Trinajstić information content (AvgIpc) is 2.72. The van der Waals surface area contributed by atoms with Crippen molar-refractivity contribution >= 4 is 22.7 Å². The minimum Gasteiger partial charge on any atom is -0.494 e. The molecule has 6 heteroatoms. The van der Waals surface area contributed by atoms with Crippen molar-refractivity contribution in [3.05, 3.63) is 76.6 Å². The normalized spacial score (nSPS) is 10.6. The first kappa shape index (κ1) is 19.4. The molecule has 0 fully saturated rings. The van der Waals surface area contributed by atoms with Crippen molar-refractivity contribution in [3.8, 4) is 5.75 Å². The summed E-state index contributed by atoms with van der Waals surface area (Å²) in [5, 5.41) is 1.01. The van der Waals surface area contributed by atoms with Crippen molar-refractivity contribution in [1.29, 1.82) is 0 Å². The maximum atomic E-state index is 12.2. The zero-order valence-corrected chi connectivity index (χ0v) is 15.6. The molecule has 0 aliphatic carbocycles. The number of para-hydroxylation sites is 1. The highest BCUT2D eigenvalue weighted by Crippen LogP contribution is 2.15. The summed E-state index contributed by atoms with van der Waals surface area (Å²) in [6.07, 6.45) is 0.615. The fourth-order valence-electron chi connectivity index (χ4n) is 2.93. The summed E-state index contributed by atoms with van der Waals surface area (Å²) in [5.74, 6) is -1.09. The summed E-state index contributed by atoms with van der Waals surface area (Å²) in [5.41, 5.74) is 1.05. The van der Waals surface area contributed by atoms with Crippen LogP contribution in [0.2, 0.25) is 0 Å². The van der Waals surface area contributed by atoms with Gasteiger partial charge in [-0.05, 0) is 43.0 Å². The third-order valence-corrected chi connectivity index (χ3v) is 4.25. The van der Waals surface area contributed by atoms with Gasteiger partial charge in [0.05, 0.1) is 18.7 Å². The lowest BCUT2D eigenvalue weighted by molar-refractivity contribution is -0.137. The van der Waals surface area contributed by atoms with Crippen LogP contribution in [0, 0.1) is 0 Å². The third-order valence-electron chi connectivity index (χ3n) is 4.25. The van der Waals surface area contributed by atoms with Crippen molar-refractivity contribution in [3.63, 3.8) is 0 Å². The lowest BCUT2D eigenvalue weighted by Crippen LogP contribution is -2.20. The van der Waals surface area contributed by atoms with Gasteiger partial charge in [-0.25, -0.2) is 4.79 Å². The van der Waals surface area contributed by atoms with Gasteiger partial charge < -0.3 is 14.0 Å². The summed E-state index contributed by atoms with van der Waals surface area (Å²) in [7, 11) is 0. The Morgan fingerprint density at radius 2 is 1.82 bits per heavy atom. The second-order valence-corrected chi connectivity index (χ2v) is 6.16. The van der Waals surface area contributed by atoms with Gasteiger partial charge in [-0.2, -0.15) is 0 Å². The molecule has 3 aromatic rings. The molecule has 0 amide bonds. The molecule has 0 aliphatic rings. The molecule has 0 atom stereocenters. The number of aromatic nitrogens is 1. The van der Waals surface area contributed by atoms with Crippen molar-refractivity contribution in [2.75, 3.05) is 13.2 Å². The molecule has 1 aromatic heterocycles. The number of nitrogens with zero attached hydrogens (tertiary/aromatic N) is 1. The SMILES string of the molecule is CCOC(=O)C(=O)c1cccc(OCCCn2c(=O)ccc3ccccc32)c1. The Hall–Kier alpha value is -3.41. The average molecular weight is 379 g/mol. The molecular formula is C22H21NO5. The van der Waals surface area contributed by atoms with Crippen LogP contribution in [0.4, 0.5) is 0 Å². The summed E-state index contributed by atoms with van der Waals surface area (Å²) in [4.78, 5) is 35.7. The Bertz CT molecular complexity index is 1050. The number of carbonyl (C=O) groups is 2. The number of esters is 1. The number of hydrogen-bond donors (Lipinski definition) is 0. The first-order chi connectivity index (χ1) is 13.6. The number of aryl methyl sites for hydroxylation is 1. The van der Waals surface area contributed by atoms with E-state index in [9.17, 15) is 14.4 Å². The number of benzene rings is 2. The maximum Gasteiger partial charge on any atom is 0.379 e. The van der Waals surface area contributed by atoms with Gasteiger partial charge in [0.25, 0.3) is 11.3 Å². The number of Topliss-reactive ketones (excluding diaryl/α,β-unsaturated/α-hetero) is 1. The fourth-order valence-corrected chi connectivity index (χ4v) is 2.93. The molecule has 2 aromatic carbocycles. The molecule has 0 spiro atoms. The second kappa shape index (κ2) is 8.99. The molecule has 0 unspecified atom stereocenters. The number of ketones is 1. The van der Waals surface area contributed by atoms with Gasteiger partial charge in [-0.3, -0.25) is 9.59 Å². The van der Waals surface area contributed by atoms with E-state index in [0.29, 0.717) is 25.3 Å². The van der Waals surface area contributed by atoms with E-state index in [4.69, 9.17) is 9.47 Å². The highest BCUT2D eigenvalue weighted by atomic mass is 16.5. The molecule has 6 nitrogen and oxygen atoms in total. The predicted molar refractivity (Wildman–Crippen MR) is 106 cm³/mol. The predicted octanol–water partition coefficient (Wildman–Crippen LogP) is 3.22. The molecule has 0 N–H and O–H groups in total. The first-order valence-corrected chi connectivity index (χ1v) is 9.13. The second-order valence-electron chi connectivity index (χ2n) is 6.16. The topological polar surface area (TPSA) is 74.6 Å². The van der Waals surface area contributed by atoms with E-state index in [1.165, 1.54) is 6.07 Å². The molecule has 0 aliphatic heterocycles. The Kier molecular flexibility index (Phi) is 6.22. The van der Waals surface area contributed by atoms with Crippen molar-refractivity contribution in [2.24, 2.45) is 0 Å². The summed E-state index contributed by atoms with van der Waals surface area (Å²) in [6, 6.07) is 17.5. The Morgan fingerprint density at radius 1 is 1.00 bits per heavy atom. The van der Waals surface area contributed by atoms with Gasteiger partial charge in [0.2, 0.25) is 0 Å². The standard InChI is InChI=1S/C22H21NO5/c1-2-27-22(26)21(25)17-8-5-9-18(15-17)28-14-6-13-23-19-10-4-3-7-16(19)11-12-20(23)24/h3-5,7-12,15H,2,6,13-14H2,1H3. The molecule has 1 heterocycles.